The van der Waals surface area contributed by atoms with Crippen LogP contribution in [0.25, 0.3) is 11.5 Å². The summed E-state index contributed by atoms with van der Waals surface area (Å²) in [5.74, 6) is -1.88. The molecular weight excluding hydrogens is 475 g/mol. The lowest BCUT2D eigenvalue weighted by atomic mass is 10.2. The number of primary amides is 1. The summed E-state index contributed by atoms with van der Waals surface area (Å²) >= 11 is 0. The van der Waals surface area contributed by atoms with Gasteiger partial charge in [-0.1, -0.05) is 13.3 Å². The van der Waals surface area contributed by atoms with Crippen LogP contribution in [0.1, 0.15) is 40.7 Å². The van der Waals surface area contributed by atoms with Gasteiger partial charge in [0.25, 0.3) is 11.8 Å². The van der Waals surface area contributed by atoms with Gasteiger partial charge >= 0.3 is 12.3 Å². The quantitative estimate of drug-likeness (QED) is 0.380. The minimum absolute atomic E-state index is 0.0113. The number of carbonyl (C=O) groups excluding carboxylic acids is 3. The molecule has 0 atom stereocenters. The molecule has 0 fully saturated rings. The average Bonchev–Trinajstić information content (AvgIpc) is 3.40. The lowest BCUT2D eigenvalue weighted by molar-refractivity contribution is -0.142. The van der Waals surface area contributed by atoms with Crippen LogP contribution in [0.2, 0.25) is 0 Å². The summed E-state index contributed by atoms with van der Waals surface area (Å²) in [5, 5.41) is 8.16. The Balaban J connectivity index is 1.72. The molecule has 0 radical (unpaired) electrons. The molecule has 0 aliphatic rings. The largest absolute Gasteiger partial charge is 0.449 e. The molecule has 0 saturated carbocycles. The number of anilines is 2. The van der Waals surface area contributed by atoms with Crippen LogP contribution in [0.15, 0.2) is 35.2 Å². The van der Waals surface area contributed by atoms with Gasteiger partial charge in [-0.15, -0.1) is 0 Å². The number of halogens is 3. The van der Waals surface area contributed by atoms with Crippen molar-refractivity contribution in [3.8, 4) is 11.5 Å². The van der Waals surface area contributed by atoms with Crippen LogP contribution in [0.3, 0.4) is 0 Å². The Morgan fingerprint density at radius 1 is 1.26 bits per heavy atom. The lowest BCUT2D eigenvalue weighted by Gasteiger charge is -2.06. The van der Waals surface area contributed by atoms with E-state index in [0.717, 1.165) is 18.9 Å². The highest BCUT2D eigenvalue weighted by Crippen LogP contribution is 2.23. The van der Waals surface area contributed by atoms with Crippen molar-refractivity contribution < 1.29 is 36.7 Å². The minimum atomic E-state index is -4.60. The van der Waals surface area contributed by atoms with Crippen LogP contribution >= 0.6 is 0 Å². The molecule has 0 aromatic carbocycles. The Kier molecular flexibility index (Phi) is 7.68. The molecule has 0 bridgehead atoms. The summed E-state index contributed by atoms with van der Waals surface area (Å²) in [4.78, 5) is 43.9. The number of rotatable bonds is 9. The maximum Gasteiger partial charge on any atom is 0.412 e. The number of alkyl halides is 3. The molecule has 4 N–H and O–H groups in total. The Morgan fingerprint density at radius 2 is 2.03 bits per heavy atom. The molecule has 0 unspecified atom stereocenters. The van der Waals surface area contributed by atoms with Gasteiger partial charge in [0.05, 0.1) is 12.3 Å². The van der Waals surface area contributed by atoms with Crippen LogP contribution in [0.4, 0.5) is 29.5 Å². The smallest absolute Gasteiger partial charge is 0.412 e. The van der Waals surface area contributed by atoms with Crippen LogP contribution in [-0.2, 0) is 11.3 Å². The summed E-state index contributed by atoms with van der Waals surface area (Å²) in [6.07, 6.45) is -0.517. The van der Waals surface area contributed by atoms with E-state index < -0.39 is 36.3 Å². The third kappa shape index (κ3) is 7.02. The van der Waals surface area contributed by atoms with Gasteiger partial charge in [0.2, 0.25) is 5.89 Å². The molecule has 186 valence electrons. The average molecular weight is 495 g/mol. The van der Waals surface area contributed by atoms with Gasteiger partial charge in [-0.05, 0) is 18.6 Å². The molecule has 3 aromatic rings. The third-order valence-electron chi connectivity index (χ3n) is 4.29. The highest BCUT2D eigenvalue weighted by molar-refractivity contribution is 6.07. The van der Waals surface area contributed by atoms with Gasteiger partial charge in [0, 0.05) is 18.0 Å². The zero-order valence-corrected chi connectivity index (χ0v) is 18.3. The van der Waals surface area contributed by atoms with Gasteiger partial charge in [-0.25, -0.2) is 14.8 Å². The van der Waals surface area contributed by atoms with E-state index >= 15 is 0 Å². The number of nitrogens with two attached hydrogens (primary N) is 1. The molecule has 3 rings (SSSR count). The van der Waals surface area contributed by atoms with E-state index in [1.54, 1.807) is 0 Å². The first-order valence-electron chi connectivity index (χ1n) is 10.2. The number of ether oxygens (including phenoxy) is 1. The van der Waals surface area contributed by atoms with E-state index in [1.165, 1.54) is 18.3 Å². The highest BCUT2D eigenvalue weighted by atomic mass is 19.4. The van der Waals surface area contributed by atoms with Crippen molar-refractivity contribution in [3.63, 3.8) is 0 Å². The van der Waals surface area contributed by atoms with Crippen LogP contribution in [0, 0.1) is 0 Å². The number of carbonyl (C=O) groups is 3. The van der Waals surface area contributed by atoms with Crippen LogP contribution in [0.5, 0.6) is 0 Å². The normalized spacial score (nSPS) is 11.2. The minimum Gasteiger partial charge on any atom is -0.449 e. The molecule has 35 heavy (non-hydrogen) atoms. The number of unbranched alkanes of at least 4 members (excludes halogenated alkanes) is 1. The second-order valence-electron chi connectivity index (χ2n) is 7.10. The van der Waals surface area contributed by atoms with E-state index in [-0.39, 0.29) is 29.7 Å². The first kappa shape index (κ1) is 25.2. The second kappa shape index (κ2) is 10.7. The molecule has 3 heterocycles. The molecule has 3 amide bonds. The van der Waals surface area contributed by atoms with Gasteiger partial charge in [-0.3, -0.25) is 19.6 Å². The van der Waals surface area contributed by atoms with Gasteiger partial charge < -0.3 is 20.2 Å². The summed E-state index contributed by atoms with van der Waals surface area (Å²) in [7, 11) is 0. The van der Waals surface area contributed by atoms with Crippen molar-refractivity contribution >= 4 is 29.4 Å². The van der Waals surface area contributed by atoms with E-state index in [9.17, 15) is 27.6 Å². The van der Waals surface area contributed by atoms with E-state index in [0.29, 0.717) is 16.7 Å². The van der Waals surface area contributed by atoms with E-state index in [2.05, 4.69) is 25.7 Å². The molecule has 15 heteroatoms. The Morgan fingerprint density at radius 3 is 2.71 bits per heavy atom. The van der Waals surface area contributed by atoms with Crippen molar-refractivity contribution in [3.05, 3.63) is 42.2 Å². The van der Waals surface area contributed by atoms with Crippen molar-refractivity contribution in [1.29, 1.82) is 0 Å². The topological polar surface area (TPSA) is 167 Å². The molecule has 3 aromatic heterocycles. The van der Waals surface area contributed by atoms with Gasteiger partial charge in [0.15, 0.2) is 11.4 Å². The first-order valence-corrected chi connectivity index (χ1v) is 10.2. The number of pyridine rings is 1. The second-order valence-corrected chi connectivity index (χ2v) is 7.10. The van der Waals surface area contributed by atoms with Gasteiger partial charge in [-0.2, -0.15) is 18.3 Å². The SMILES string of the molecule is CCCCOC(=O)Nc1cc(-c2nc(C(=O)Nc3cn(CC(F)(F)F)nc3C(N)=O)co2)ccn1. The Labute approximate surface area is 195 Å². The fraction of sp³-hybridized carbons (Fsp3) is 0.300. The van der Waals surface area contributed by atoms with Crippen LogP contribution < -0.4 is 16.4 Å². The standard InChI is InChI=1S/C20H20F3N7O5/c1-2-3-6-34-19(33)28-14-7-11(4-5-25-14)18-27-13(9-35-18)17(32)26-12-8-30(10-20(21,22)23)29-15(12)16(24)31/h4-5,7-9H,2-3,6,10H2,1H3,(H2,24,31)(H,26,32)(H,25,28,33). The fourth-order valence-electron chi connectivity index (χ4n) is 2.74. The third-order valence-corrected chi connectivity index (χ3v) is 4.29. The molecular formula is C20H20F3N7O5. The first-order chi connectivity index (χ1) is 16.6. The van der Waals surface area contributed by atoms with Crippen molar-refractivity contribution in [2.45, 2.75) is 32.5 Å². The lowest BCUT2D eigenvalue weighted by Crippen LogP contribution is -2.19. The zero-order chi connectivity index (χ0) is 25.6. The highest BCUT2D eigenvalue weighted by Gasteiger charge is 2.30. The molecule has 0 aliphatic carbocycles. The number of oxazole rings is 1. The van der Waals surface area contributed by atoms with Crippen molar-refractivity contribution in [1.82, 2.24) is 19.7 Å². The maximum absolute atomic E-state index is 12.6. The Bertz CT molecular complexity index is 1220. The van der Waals surface area contributed by atoms with Crippen LogP contribution in [-0.4, -0.2) is 50.4 Å². The summed E-state index contributed by atoms with van der Waals surface area (Å²) < 4.78 is 48.6. The molecule has 0 spiro atoms. The number of amides is 3. The Hall–Kier alpha value is -4.43. The molecule has 12 nitrogen and oxygen atoms in total. The summed E-state index contributed by atoms with van der Waals surface area (Å²) in [6, 6.07) is 2.94. The van der Waals surface area contributed by atoms with Gasteiger partial charge in [0.1, 0.15) is 18.6 Å². The van der Waals surface area contributed by atoms with Crippen molar-refractivity contribution in [2.24, 2.45) is 5.73 Å². The number of aromatic nitrogens is 4. The maximum atomic E-state index is 12.6. The predicted octanol–water partition coefficient (Wildman–Crippen LogP) is 3.20. The summed E-state index contributed by atoms with van der Waals surface area (Å²) in [5.41, 5.74) is 4.38. The number of hydrogen-bond acceptors (Lipinski definition) is 8. The number of nitrogens with zero attached hydrogens (tertiary/aromatic N) is 4. The fourth-order valence-corrected chi connectivity index (χ4v) is 2.74. The number of nitrogens with one attached hydrogen (secondary N) is 2. The van der Waals surface area contributed by atoms with E-state index in [4.69, 9.17) is 14.9 Å². The summed E-state index contributed by atoms with van der Waals surface area (Å²) in [6.45, 7) is 0.726. The van der Waals surface area contributed by atoms with Crippen molar-refractivity contribution in [2.75, 3.05) is 17.2 Å². The monoisotopic (exact) mass is 495 g/mol. The zero-order valence-electron chi connectivity index (χ0n) is 18.3. The number of hydrogen-bond donors (Lipinski definition) is 3. The predicted molar refractivity (Wildman–Crippen MR) is 114 cm³/mol. The molecule has 0 saturated heterocycles. The van der Waals surface area contributed by atoms with E-state index in [1.807, 2.05) is 6.92 Å². The molecule has 0 aliphatic heterocycles.